The van der Waals surface area contributed by atoms with Crippen LogP contribution in [0.3, 0.4) is 0 Å². The van der Waals surface area contributed by atoms with Gasteiger partial charge in [-0.2, -0.15) is 5.10 Å². The number of carbonyl (C=O) groups is 1. The van der Waals surface area contributed by atoms with Gasteiger partial charge in [-0.05, 0) is 55.7 Å². The number of amides is 1. The van der Waals surface area contributed by atoms with E-state index in [9.17, 15) is 4.79 Å². The third-order valence-corrected chi connectivity index (χ3v) is 6.06. The Bertz CT molecular complexity index is 1430. The topological polar surface area (TPSA) is 60.1 Å². The van der Waals surface area contributed by atoms with Gasteiger partial charge in [0, 0.05) is 6.07 Å². The Balaban J connectivity index is 1.59. The lowest BCUT2D eigenvalue weighted by Crippen LogP contribution is -2.31. The molecule has 0 atom stereocenters. The maximum Gasteiger partial charge on any atom is 0.270 e. The standard InChI is InChI=1S/C30H27N3O2/c1-20-14-16-26(21(2)18-20)33-27(19-25(32-33)28-17-15-22(3)35-28)30(34)31-29(23-10-6-4-7-11-23)24-12-8-5-9-13-24/h4-19,29H,1-3H3,(H,31,34). The summed E-state index contributed by atoms with van der Waals surface area (Å²) >= 11 is 0. The summed E-state index contributed by atoms with van der Waals surface area (Å²) in [6.07, 6.45) is 0. The van der Waals surface area contributed by atoms with Crippen LogP contribution in [0.15, 0.2) is 101 Å². The van der Waals surface area contributed by atoms with Gasteiger partial charge in [0.05, 0.1) is 11.7 Å². The summed E-state index contributed by atoms with van der Waals surface area (Å²) < 4.78 is 7.53. The van der Waals surface area contributed by atoms with Crippen LogP contribution in [-0.4, -0.2) is 15.7 Å². The molecule has 35 heavy (non-hydrogen) atoms. The fourth-order valence-electron chi connectivity index (χ4n) is 4.32. The number of rotatable bonds is 6. The van der Waals surface area contributed by atoms with Crippen LogP contribution in [0.1, 0.15) is 44.5 Å². The van der Waals surface area contributed by atoms with E-state index in [-0.39, 0.29) is 11.9 Å². The van der Waals surface area contributed by atoms with Gasteiger partial charge >= 0.3 is 0 Å². The first kappa shape index (κ1) is 22.4. The summed E-state index contributed by atoms with van der Waals surface area (Å²) in [5.41, 5.74) is 6.10. The summed E-state index contributed by atoms with van der Waals surface area (Å²) in [5, 5.41) is 8.04. The van der Waals surface area contributed by atoms with E-state index in [1.165, 1.54) is 0 Å². The van der Waals surface area contributed by atoms with Crippen molar-refractivity contribution in [1.82, 2.24) is 15.1 Å². The molecule has 0 fully saturated rings. The molecule has 2 aromatic heterocycles. The lowest BCUT2D eigenvalue weighted by molar-refractivity contribution is 0.0935. The number of carbonyl (C=O) groups excluding carboxylic acids is 1. The van der Waals surface area contributed by atoms with E-state index in [1.807, 2.05) is 98.8 Å². The molecule has 1 N–H and O–H groups in total. The molecule has 0 unspecified atom stereocenters. The second kappa shape index (κ2) is 9.47. The summed E-state index contributed by atoms with van der Waals surface area (Å²) in [6.45, 7) is 5.97. The number of nitrogens with one attached hydrogen (secondary N) is 1. The first-order chi connectivity index (χ1) is 17.0. The smallest absolute Gasteiger partial charge is 0.270 e. The second-order valence-corrected chi connectivity index (χ2v) is 8.75. The van der Waals surface area contributed by atoms with Crippen LogP contribution < -0.4 is 5.32 Å². The van der Waals surface area contributed by atoms with Crippen LogP contribution >= 0.6 is 0 Å². The van der Waals surface area contributed by atoms with E-state index in [0.717, 1.165) is 33.7 Å². The minimum absolute atomic E-state index is 0.218. The Morgan fingerprint density at radius 3 is 2.06 bits per heavy atom. The van der Waals surface area contributed by atoms with Crippen LogP contribution in [0.4, 0.5) is 0 Å². The van der Waals surface area contributed by atoms with Gasteiger partial charge in [-0.3, -0.25) is 4.79 Å². The fraction of sp³-hybridized carbons (Fsp3) is 0.133. The molecule has 0 bridgehead atoms. The number of aromatic nitrogens is 2. The third kappa shape index (κ3) is 4.66. The third-order valence-electron chi connectivity index (χ3n) is 6.06. The van der Waals surface area contributed by atoms with Gasteiger partial charge in [-0.1, -0.05) is 78.4 Å². The number of furan rings is 1. The molecule has 0 radical (unpaired) electrons. The molecular formula is C30H27N3O2. The number of nitrogens with zero attached hydrogens (tertiary/aromatic N) is 2. The van der Waals surface area contributed by atoms with Crippen molar-refractivity contribution in [2.24, 2.45) is 0 Å². The Morgan fingerprint density at radius 2 is 1.49 bits per heavy atom. The molecule has 5 rings (SSSR count). The van der Waals surface area contributed by atoms with Gasteiger partial charge in [0.15, 0.2) is 5.76 Å². The molecular weight excluding hydrogens is 434 g/mol. The predicted molar refractivity (Wildman–Crippen MR) is 138 cm³/mol. The van der Waals surface area contributed by atoms with Crippen LogP contribution in [0, 0.1) is 20.8 Å². The molecule has 0 saturated heterocycles. The number of benzene rings is 3. The summed E-state index contributed by atoms with van der Waals surface area (Å²) in [4.78, 5) is 13.8. The monoisotopic (exact) mass is 461 g/mol. The summed E-state index contributed by atoms with van der Waals surface area (Å²) in [6, 6.07) is 31.3. The van der Waals surface area contributed by atoms with Crippen molar-refractivity contribution in [2.75, 3.05) is 0 Å². The molecule has 5 nitrogen and oxygen atoms in total. The molecule has 5 heteroatoms. The van der Waals surface area contributed by atoms with Gasteiger partial charge in [0.25, 0.3) is 5.91 Å². The van der Waals surface area contributed by atoms with Crippen LogP contribution in [0.2, 0.25) is 0 Å². The Kier molecular flexibility index (Phi) is 6.06. The van der Waals surface area contributed by atoms with Crippen molar-refractivity contribution in [3.63, 3.8) is 0 Å². The van der Waals surface area contributed by atoms with E-state index in [2.05, 4.69) is 18.3 Å². The highest BCUT2D eigenvalue weighted by Gasteiger charge is 2.24. The molecule has 0 aliphatic carbocycles. The van der Waals surface area contributed by atoms with Gasteiger partial charge in [-0.15, -0.1) is 0 Å². The highest BCUT2D eigenvalue weighted by Crippen LogP contribution is 2.27. The lowest BCUT2D eigenvalue weighted by atomic mass is 9.98. The van der Waals surface area contributed by atoms with E-state index in [0.29, 0.717) is 17.1 Å². The van der Waals surface area contributed by atoms with Crippen molar-refractivity contribution >= 4 is 5.91 Å². The number of aryl methyl sites for hydroxylation is 3. The van der Waals surface area contributed by atoms with Crippen molar-refractivity contribution in [3.8, 4) is 17.1 Å². The van der Waals surface area contributed by atoms with E-state index < -0.39 is 0 Å². The normalized spacial score (nSPS) is 11.1. The van der Waals surface area contributed by atoms with Crippen molar-refractivity contribution in [3.05, 3.63) is 131 Å². The maximum atomic E-state index is 13.8. The van der Waals surface area contributed by atoms with Gasteiger partial charge in [0.1, 0.15) is 17.1 Å². The highest BCUT2D eigenvalue weighted by molar-refractivity contribution is 5.94. The van der Waals surface area contributed by atoms with E-state index in [1.54, 1.807) is 10.7 Å². The van der Waals surface area contributed by atoms with E-state index >= 15 is 0 Å². The Labute approximate surface area is 205 Å². The molecule has 174 valence electrons. The van der Waals surface area contributed by atoms with Crippen molar-refractivity contribution < 1.29 is 9.21 Å². The van der Waals surface area contributed by atoms with Gasteiger partial charge < -0.3 is 9.73 Å². The largest absolute Gasteiger partial charge is 0.460 e. The molecule has 0 saturated carbocycles. The van der Waals surface area contributed by atoms with Gasteiger partial charge in [-0.25, -0.2) is 4.68 Å². The molecule has 2 heterocycles. The summed E-state index contributed by atoms with van der Waals surface area (Å²) in [7, 11) is 0. The molecule has 5 aromatic rings. The minimum Gasteiger partial charge on any atom is -0.460 e. The van der Waals surface area contributed by atoms with Crippen molar-refractivity contribution in [1.29, 1.82) is 0 Å². The molecule has 1 amide bonds. The minimum atomic E-state index is -0.304. The van der Waals surface area contributed by atoms with Crippen molar-refractivity contribution in [2.45, 2.75) is 26.8 Å². The molecule has 0 spiro atoms. The first-order valence-electron chi connectivity index (χ1n) is 11.6. The zero-order valence-corrected chi connectivity index (χ0v) is 20.0. The Morgan fingerprint density at radius 1 is 0.829 bits per heavy atom. The van der Waals surface area contributed by atoms with Crippen LogP contribution in [-0.2, 0) is 0 Å². The fourth-order valence-corrected chi connectivity index (χ4v) is 4.32. The average Bonchev–Trinajstić information content (AvgIpc) is 3.50. The van der Waals surface area contributed by atoms with Crippen LogP contribution in [0.25, 0.3) is 17.1 Å². The quantitative estimate of drug-likeness (QED) is 0.311. The average molecular weight is 462 g/mol. The SMILES string of the molecule is Cc1ccc(-n2nc(-c3ccc(C)o3)cc2C(=O)NC(c2ccccc2)c2ccccc2)c(C)c1. The van der Waals surface area contributed by atoms with E-state index in [4.69, 9.17) is 9.52 Å². The molecule has 3 aromatic carbocycles. The second-order valence-electron chi connectivity index (χ2n) is 8.75. The Hall–Kier alpha value is -4.38. The maximum absolute atomic E-state index is 13.8. The van der Waals surface area contributed by atoms with Crippen LogP contribution in [0.5, 0.6) is 0 Å². The first-order valence-corrected chi connectivity index (χ1v) is 11.6. The summed E-state index contributed by atoms with van der Waals surface area (Å²) in [5.74, 6) is 1.20. The molecule has 0 aliphatic heterocycles. The van der Waals surface area contributed by atoms with Gasteiger partial charge in [0.2, 0.25) is 0 Å². The lowest BCUT2D eigenvalue weighted by Gasteiger charge is -2.20. The zero-order chi connectivity index (χ0) is 24.4. The zero-order valence-electron chi connectivity index (χ0n) is 20.0. The predicted octanol–water partition coefficient (Wildman–Crippen LogP) is 6.58. The highest BCUT2D eigenvalue weighted by atomic mass is 16.3. The number of hydrogen-bond acceptors (Lipinski definition) is 3. The molecule has 0 aliphatic rings. The number of hydrogen-bond donors (Lipinski definition) is 1.